The Morgan fingerprint density at radius 1 is 1.25 bits per heavy atom. The van der Waals surface area contributed by atoms with E-state index in [1.807, 2.05) is 19.1 Å². The van der Waals surface area contributed by atoms with Gasteiger partial charge in [0.1, 0.15) is 5.76 Å². The molecule has 0 spiro atoms. The quantitative estimate of drug-likeness (QED) is 0.894. The van der Waals surface area contributed by atoms with E-state index in [4.69, 9.17) is 0 Å². The number of aliphatic hydroxyl groups excluding tert-OH is 1. The van der Waals surface area contributed by atoms with Crippen LogP contribution >= 0.6 is 0 Å². The molecular weight excluding hydrogens is 250 g/mol. The van der Waals surface area contributed by atoms with Gasteiger partial charge in [0, 0.05) is 5.69 Å². The third-order valence-corrected chi connectivity index (χ3v) is 3.78. The van der Waals surface area contributed by atoms with Crippen LogP contribution in [0.1, 0.15) is 33.3 Å². The topological polar surface area (TPSA) is 40.5 Å². The molecule has 1 N–H and O–H groups in total. The van der Waals surface area contributed by atoms with Crippen LogP contribution in [0.2, 0.25) is 0 Å². The minimum absolute atomic E-state index is 0.0444. The van der Waals surface area contributed by atoms with Gasteiger partial charge in [-0.3, -0.25) is 4.79 Å². The van der Waals surface area contributed by atoms with Crippen molar-refractivity contribution in [2.24, 2.45) is 5.41 Å². The molecule has 3 nitrogen and oxygen atoms in total. The Balaban J connectivity index is 2.46. The monoisotopic (exact) mass is 273 g/mol. The summed E-state index contributed by atoms with van der Waals surface area (Å²) in [5.74, 6) is 0.162. The molecule has 1 aliphatic rings. The van der Waals surface area contributed by atoms with Crippen molar-refractivity contribution in [1.29, 1.82) is 0 Å². The summed E-state index contributed by atoms with van der Waals surface area (Å²) in [5, 5.41) is 10.2. The predicted octanol–water partition coefficient (Wildman–Crippen LogP) is 3.63. The van der Waals surface area contributed by atoms with Gasteiger partial charge in [-0.05, 0) is 31.4 Å². The number of aryl methyl sites for hydroxylation is 1. The highest BCUT2D eigenvalue weighted by Crippen LogP contribution is 2.39. The van der Waals surface area contributed by atoms with E-state index in [0.29, 0.717) is 12.1 Å². The van der Waals surface area contributed by atoms with Crippen LogP contribution in [0.5, 0.6) is 0 Å². The Kier molecular flexibility index (Phi) is 3.63. The van der Waals surface area contributed by atoms with Gasteiger partial charge in [0.15, 0.2) is 5.78 Å². The van der Waals surface area contributed by atoms with Gasteiger partial charge in [-0.25, -0.2) is 0 Å². The van der Waals surface area contributed by atoms with Crippen molar-refractivity contribution in [2.75, 3.05) is 11.4 Å². The summed E-state index contributed by atoms with van der Waals surface area (Å²) in [4.78, 5) is 14.0. The smallest absolute Gasteiger partial charge is 0.161 e. The second-order valence-electron chi connectivity index (χ2n) is 6.65. The Bertz CT molecular complexity index is 549. The summed E-state index contributed by atoms with van der Waals surface area (Å²) in [6.07, 6.45) is 0. The highest BCUT2D eigenvalue weighted by Gasteiger charge is 2.42. The molecule has 1 atom stereocenters. The number of ketones is 1. The van der Waals surface area contributed by atoms with Crippen LogP contribution in [0.25, 0.3) is 0 Å². The lowest BCUT2D eigenvalue weighted by atomic mass is 9.81. The van der Waals surface area contributed by atoms with E-state index in [-0.39, 0.29) is 23.0 Å². The Morgan fingerprint density at radius 2 is 1.80 bits per heavy atom. The third-order valence-electron chi connectivity index (χ3n) is 3.78. The molecule has 1 aromatic rings. The minimum Gasteiger partial charge on any atom is -0.510 e. The van der Waals surface area contributed by atoms with E-state index in [0.717, 1.165) is 5.69 Å². The number of hydrogen-bond donors (Lipinski definition) is 1. The van der Waals surface area contributed by atoms with Gasteiger partial charge < -0.3 is 10.0 Å². The predicted molar refractivity (Wildman–Crippen MR) is 82.1 cm³/mol. The number of carbonyl (C=O) groups excluding carboxylic acids is 1. The first-order valence-electron chi connectivity index (χ1n) is 6.98. The Morgan fingerprint density at radius 3 is 2.25 bits per heavy atom. The van der Waals surface area contributed by atoms with Crippen molar-refractivity contribution in [3.63, 3.8) is 0 Å². The SMILES string of the molecule is CC(=O)C1=C(O)CN(c2ccc(C)cc2)C1C(C)(C)C. The second kappa shape index (κ2) is 4.97. The number of Topliss-reactive ketones (excluding diaryl/α,β-unsaturated/α-hetero) is 1. The van der Waals surface area contributed by atoms with Crippen LogP contribution in [0.15, 0.2) is 35.6 Å². The van der Waals surface area contributed by atoms with Crippen LogP contribution in [0, 0.1) is 12.3 Å². The van der Waals surface area contributed by atoms with E-state index in [2.05, 4.69) is 37.8 Å². The lowest BCUT2D eigenvalue weighted by molar-refractivity contribution is -0.114. The summed E-state index contributed by atoms with van der Waals surface area (Å²) < 4.78 is 0. The summed E-state index contributed by atoms with van der Waals surface area (Å²) >= 11 is 0. The van der Waals surface area contributed by atoms with Gasteiger partial charge in [-0.15, -0.1) is 0 Å². The molecule has 0 aromatic heterocycles. The molecule has 1 heterocycles. The zero-order valence-electron chi connectivity index (χ0n) is 12.9. The molecule has 1 aliphatic heterocycles. The van der Waals surface area contributed by atoms with Gasteiger partial charge in [0.25, 0.3) is 0 Å². The number of benzene rings is 1. The summed E-state index contributed by atoms with van der Waals surface area (Å²) in [7, 11) is 0. The number of carbonyl (C=O) groups is 1. The standard InChI is InChI=1S/C17H23NO2/c1-11-6-8-13(9-7-11)18-10-14(20)15(12(2)19)16(18)17(3,4)5/h6-9,16,20H,10H2,1-5H3. The molecule has 0 saturated carbocycles. The fourth-order valence-electron chi connectivity index (χ4n) is 2.92. The molecule has 0 fully saturated rings. The van der Waals surface area contributed by atoms with Crippen LogP contribution in [0.4, 0.5) is 5.69 Å². The molecular formula is C17H23NO2. The van der Waals surface area contributed by atoms with E-state index in [9.17, 15) is 9.90 Å². The van der Waals surface area contributed by atoms with Gasteiger partial charge in [0.2, 0.25) is 0 Å². The fraction of sp³-hybridized carbons (Fsp3) is 0.471. The highest BCUT2D eigenvalue weighted by atomic mass is 16.3. The molecule has 2 rings (SSSR count). The lowest BCUT2D eigenvalue weighted by Gasteiger charge is -2.37. The number of aliphatic hydroxyl groups is 1. The van der Waals surface area contributed by atoms with E-state index in [1.54, 1.807) is 0 Å². The summed E-state index contributed by atoms with van der Waals surface area (Å²) in [6.45, 7) is 10.3. The van der Waals surface area contributed by atoms with Gasteiger partial charge in [-0.2, -0.15) is 0 Å². The molecule has 0 aliphatic carbocycles. The number of anilines is 1. The van der Waals surface area contributed by atoms with Crippen molar-refractivity contribution in [2.45, 2.75) is 40.7 Å². The van der Waals surface area contributed by atoms with Crippen molar-refractivity contribution in [3.8, 4) is 0 Å². The third kappa shape index (κ3) is 2.58. The maximum Gasteiger partial charge on any atom is 0.161 e. The van der Waals surface area contributed by atoms with Crippen molar-refractivity contribution >= 4 is 11.5 Å². The average Bonchev–Trinajstić information content (AvgIpc) is 2.67. The average molecular weight is 273 g/mol. The molecule has 0 saturated heterocycles. The molecule has 3 heteroatoms. The fourth-order valence-corrected chi connectivity index (χ4v) is 2.92. The minimum atomic E-state index is -0.129. The van der Waals surface area contributed by atoms with Gasteiger partial charge in [0.05, 0.1) is 18.2 Å². The summed E-state index contributed by atoms with van der Waals surface area (Å²) in [6, 6.07) is 8.10. The molecule has 0 radical (unpaired) electrons. The zero-order chi connectivity index (χ0) is 15.1. The Labute approximate surface area is 120 Å². The first kappa shape index (κ1) is 14.6. The van der Waals surface area contributed by atoms with Crippen molar-refractivity contribution in [3.05, 3.63) is 41.2 Å². The molecule has 1 unspecified atom stereocenters. The second-order valence-corrected chi connectivity index (χ2v) is 6.65. The first-order chi connectivity index (χ1) is 9.21. The van der Waals surface area contributed by atoms with E-state index in [1.165, 1.54) is 12.5 Å². The molecule has 0 amide bonds. The molecule has 20 heavy (non-hydrogen) atoms. The van der Waals surface area contributed by atoms with Crippen molar-refractivity contribution < 1.29 is 9.90 Å². The first-order valence-corrected chi connectivity index (χ1v) is 6.98. The van der Waals surface area contributed by atoms with Gasteiger partial charge in [-0.1, -0.05) is 38.5 Å². The van der Waals surface area contributed by atoms with Crippen LogP contribution in [0.3, 0.4) is 0 Å². The number of hydrogen-bond acceptors (Lipinski definition) is 3. The lowest BCUT2D eigenvalue weighted by Crippen LogP contribution is -2.43. The highest BCUT2D eigenvalue weighted by molar-refractivity contribution is 5.97. The van der Waals surface area contributed by atoms with E-state index < -0.39 is 0 Å². The summed E-state index contributed by atoms with van der Waals surface area (Å²) in [5.41, 5.74) is 2.66. The maximum absolute atomic E-state index is 11.9. The molecule has 0 bridgehead atoms. The van der Waals surface area contributed by atoms with Crippen LogP contribution in [-0.4, -0.2) is 23.5 Å². The Hall–Kier alpha value is -1.77. The van der Waals surface area contributed by atoms with E-state index >= 15 is 0 Å². The normalized spacial score (nSPS) is 19.6. The molecule has 1 aromatic carbocycles. The molecule has 108 valence electrons. The maximum atomic E-state index is 11.9. The van der Waals surface area contributed by atoms with Crippen LogP contribution < -0.4 is 4.90 Å². The number of rotatable bonds is 2. The number of nitrogens with zero attached hydrogens (tertiary/aromatic N) is 1. The zero-order valence-corrected chi connectivity index (χ0v) is 12.9. The van der Waals surface area contributed by atoms with Gasteiger partial charge >= 0.3 is 0 Å². The van der Waals surface area contributed by atoms with Crippen molar-refractivity contribution in [1.82, 2.24) is 0 Å². The largest absolute Gasteiger partial charge is 0.510 e. The van der Waals surface area contributed by atoms with Crippen LogP contribution in [-0.2, 0) is 4.79 Å².